The average Bonchev–Trinajstić information content (AvgIpc) is 3.26. The van der Waals surface area contributed by atoms with Gasteiger partial charge in [-0.1, -0.05) is 37.2 Å². The van der Waals surface area contributed by atoms with Gasteiger partial charge in [0.1, 0.15) is 7.11 Å². The van der Waals surface area contributed by atoms with Gasteiger partial charge in [0, 0.05) is 30.0 Å². The fraction of sp³-hybridized carbons (Fsp3) is 0.348. The van der Waals surface area contributed by atoms with Crippen LogP contribution in [0.4, 0.5) is 5.69 Å². The number of nitrogens with zero attached hydrogens (tertiary/aromatic N) is 2. The zero-order valence-corrected chi connectivity index (χ0v) is 18.4. The Morgan fingerprint density at radius 2 is 1.97 bits per heavy atom. The fourth-order valence-electron chi connectivity index (χ4n) is 3.66. The number of para-hydroxylation sites is 1. The van der Waals surface area contributed by atoms with Crippen LogP contribution in [0.3, 0.4) is 0 Å². The number of likely N-dealkylation sites (N-methyl/N-ethyl adjacent to an activating group) is 1. The van der Waals surface area contributed by atoms with Crippen LogP contribution < -0.4 is 10.6 Å². The zero-order chi connectivity index (χ0) is 22.4. The molecular weight excluding hydrogens is 394 g/mol. The molecule has 0 spiro atoms. The van der Waals surface area contributed by atoms with Crippen LogP contribution in [0.5, 0.6) is 0 Å². The number of H-pyrrole nitrogens is 1. The molecule has 1 aliphatic rings. The molecule has 3 rings (SSSR count). The Bertz CT molecular complexity index is 1020. The van der Waals surface area contributed by atoms with Gasteiger partial charge < -0.3 is 25.4 Å². The van der Waals surface area contributed by atoms with E-state index in [0.29, 0.717) is 29.1 Å². The third-order valence-corrected chi connectivity index (χ3v) is 5.44. The highest BCUT2D eigenvalue weighted by Gasteiger charge is 2.25. The minimum absolute atomic E-state index is 0.174. The molecule has 0 saturated carbocycles. The number of nitrogens with one attached hydrogen (secondary N) is 3. The summed E-state index contributed by atoms with van der Waals surface area (Å²) in [6.07, 6.45) is 3.24. The van der Waals surface area contributed by atoms with E-state index in [0.717, 1.165) is 36.4 Å². The number of carbonyl (C=O) groups excluding carboxylic acids is 2. The number of rotatable bonds is 9. The van der Waals surface area contributed by atoms with E-state index in [2.05, 4.69) is 39.5 Å². The molecule has 0 bridgehead atoms. The predicted octanol–water partition coefficient (Wildman–Crippen LogP) is 2.87. The summed E-state index contributed by atoms with van der Waals surface area (Å²) >= 11 is 0. The van der Waals surface area contributed by atoms with Gasteiger partial charge >= 0.3 is 0 Å². The first-order valence-corrected chi connectivity index (χ1v) is 10.4. The van der Waals surface area contributed by atoms with Crippen molar-refractivity contribution in [2.45, 2.75) is 20.8 Å². The van der Waals surface area contributed by atoms with Crippen molar-refractivity contribution < 1.29 is 14.4 Å². The quantitative estimate of drug-likeness (QED) is 0.328. The molecule has 8 nitrogen and oxygen atoms in total. The van der Waals surface area contributed by atoms with Crippen molar-refractivity contribution in [3.8, 4) is 0 Å². The third kappa shape index (κ3) is 4.86. The molecule has 0 saturated heterocycles. The molecule has 0 aliphatic carbocycles. The first-order chi connectivity index (χ1) is 15.0. The number of benzene rings is 1. The Kier molecular flexibility index (Phi) is 7.25. The maximum absolute atomic E-state index is 13.0. The average molecular weight is 424 g/mol. The van der Waals surface area contributed by atoms with E-state index in [4.69, 9.17) is 4.84 Å². The largest absolute Gasteiger partial charge is 0.399 e. The summed E-state index contributed by atoms with van der Waals surface area (Å²) in [7, 11) is 1.44. The van der Waals surface area contributed by atoms with E-state index >= 15 is 0 Å². The van der Waals surface area contributed by atoms with Crippen molar-refractivity contribution in [2.75, 3.05) is 38.6 Å². The van der Waals surface area contributed by atoms with Gasteiger partial charge in [-0.15, -0.1) is 0 Å². The van der Waals surface area contributed by atoms with Crippen molar-refractivity contribution in [3.05, 3.63) is 52.3 Å². The lowest BCUT2D eigenvalue weighted by Gasteiger charge is -2.18. The molecule has 8 heteroatoms. The van der Waals surface area contributed by atoms with Crippen molar-refractivity contribution in [3.63, 3.8) is 0 Å². The standard InChI is InChI=1S/C23H29N5O3/c1-5-28(6-2)12-11-24-23(30)21-15(3)19(26-20(21)14-25-31-4)13-17-16-9-7-8-10-18(16)27-22(17)29/h7-10,13-14,26H,5-6,11-12H2,1-4H3,(H,24,30)(H,27,29)/b17-13-,25-14+. The monoisotopic (exact) mass is 423 g/mol. The van der Waals surface area contributed by atoms with E-state index in [-0.39, 0.29) is 11.8 Å². The maximum atomic E-state index is 13.0. The van der Waals surface area contributed by atoms with Crippen molar-refractivity contribution in [2.24, 2.45) is 5.16 Å². The number of aromatic nitrogens is 1. The van der Waals surface area contributed by atoms with E-state index in [1.807, 2.05) is 31.2 Å². The topological polar surface area (TPSA) is 98.8 Å². The second-order valence-electron chi connectivity index (χ2n) is 7.21. The molecule has 3 N–H and O–H groups in total. The fourth-order valence-corrected chi connectivity index (χ4v) is 3.66. The number of anilines is 1. The summed E-state index contributed by atoms with van der Waals surface area (Å²) in [5.74, 6) is -0.369. The van der Waals surface area contributed by atoms with E-state index in [9.17, 15) is 9.59 Å². The first kappa shape index (κ1) is 22.3. The molecule has 2 amide bonds. The highest BCUT2D eigenvalue weighted by atomic mass is 16.6. The maximum Gasteiger partial charge on any atom is 0.256 e. The highest BCUT2D eigenvalue weighted by molar-refractivity contribution is 6.35. The molecule has 31 heavy (non-hydrogen) atoms. The minimum atomic E-state index is -0.195. The van der Waals surface area contributed by atoms with Crippen LogP contribution in [0.2, 0.25) is 0 Å². The van der Waals surface area contributed by atoms with Gasteiger partial charge in [-0.2, -0.15) is 0 Å². The summed E-state index contributed by atoms with van der Waals surface area (Å²) in [5, 5.41) is 9.66. The Labute approximate surface area is 182 Å². The molecule has 0 fully saturated rings. The lowest BCUT2D eigenvalue weighted by Crippen LogP contribution is -2.35. The van der Waals surface area contributed by atoms with Crippen LogP contribution >= 0.6 is 0 Å². The Hall–Kier alpha value is -3.39. The Morgan fingerprint density at radius 3 is 2.68 bits per heavy atom. The molecule has 0 unspecified atom stereocenters. The Balaban J connectivity index is 1.91. The van der Waals surface area contributed by atoms with Crippen LogP contribution in [0.25, 0.3) is 11.6 Å². The SMILES string of the molecule is CCN(CC)CCNC(=O)c1c(/C=N/OC)[nH]c(/C=C2\C(=O)Nc3ccccc32)c1C. The number of fused-ring (bicyclic) bond motifs is 1. The van der Waals surface area contributed by atoms with Crippen LogP contribution in [-0.2, 0) is 9.63 Å². The van der Waals surface area contributed by atoms with Gasteiger partial charge in [0.05, 0.1) is 23.0 Å². The first-order valence-electron chi connectivity index (χ1n) is 10.4. The van der Waals surface area contributed by atoms with Crippen LogP contribution in [-0.4, -0.2) is 61.2 Å². The molecule has 164 valence electrons. The molecule has 2 aromatic rings. The number of aromatic amines is 1. The molecule has 0 radical (unpaired) electrons. The van der Waals surface area contributed by atoms with Gasteiger partial charge in [0.15, 0.2) is 0 Å². The van der Waals surface area contributed by atoms with E-state index in [1.165, 1.54) is 13.3 Å². The molecule has 1 aromatic carbocycles. The van der Waals surface area contributed by atoms with Gasteiger partial charge in [-0.25, -0.2) is 0 Å². The number of hydrogen-bond donors (Lipinski definition) is 3. The molecule has 1 aliphatic heterocycles. The summed E-state index contributed by atoms with van der Waals surface area (Å²) in [5.41, 5.74) is 4.58. The Morgan fingerprint density at radius 1 is 1.23 bits per heavy atom. The summed E-state index contributed by atoms with van der Waals surface area (Å²) in [6.45, 7) is 9.22. The van der Waals surface area contributed by atoms with Crippen LogP contribution in [0.1, 0.15) is 46.7 Å². The van der Waals surface area contributed by atoms with Gasteiger partial charge in [-0.3, -0.25) is 9.59 Å². The van der Waals surface area contributed by atoms with Gasteiger partial charge in [0.25, 0.3) is 11.8 Å². The minimum Gasteiger partial charge on any atom is -0.399 e. The lowest BCUT2D eigenvalue weighted by atomic mass is 10.0. The smallest absolute Gasteiger partial charge is 0.256 e. The highest BCUT2D eigenvalue weighted by Crippen LogP contribution is 2.33. The number of hydrogen-bond acceptors (Lipinski definition) is 5. The molecule has 2 heterocycles. The van der Waals surface area contributed by atoms with Gasteiger partial charge in [0.2, 0.25) is 0 Å². The van der Waals surface area contributed by atoms with Crippen LogP contribution in [0, 0.1) is 6.92 Å². The zero-order valence-electron chi connectivity index (χ0n) is 18.4. The normalized spacial score (nSPS) is 14.4. The third-order valence-electron chi connectivity index (χ3n) is 5.44. The van der Waals surface area contributed by atoms with Crippen LogP contribution in [0.15, 0.2) is 29.4 Å². The summed E-state index contributed by atoms with van der Waals surface area (Å²) < 4.78 is 0. The van der Waals surface area contributed by atoms with Crippen molar-refractivity contribution in [1.29, 1.82) is 0 Å². The second kappa shape index (κ2) is 10.1. The van der Waals surface area contributed by atoms with Crippen molar-refractivity contribution in [1.82, 2.24) is 15.2 Å². The van der Waals surface area contributed by atoms with E-state index < -0.39 is 0 Å². The lowest BCUT2D eigenvalue weighted by molar-refractivity contribution is -0.110. The van der Waals surface area contributed by atoms with Crippen molar-refractivity contribution >= 4 is 35.4 Å². The predicted molar refractivity (Wildman–Crippen MR) is 123 cm³/mol. The number of amides is 2. The summed E-state index contributed by atoms with van der Waals surface area (Å²) in [6, 6.07) is 7.52. The number of oxime groups is 1. The van der Waals surface area contributed by atoms with E-state index in [1.54, 1.807) is 6.08 Å². The number of carbonyl (C=O) groups is 2. The van der Waals surface area contributed by atoms with Gasteiger partial charge in [-0.05, 0) is 37.7 Å². The second-order valence-corrected chi connectivity index (χ2v) is 7.21. The molecular formula is C23H29N5O3. The molecule has 1 aromatic heterocycles. The summed E-state index contributed by atoms with van der Waals surface area (Å²) in [4.78, 5) is 35.7. The molecule has 0 atom stereocenters.